The Morgan fingerprint density at radius 1 is 1.59 bits per heavy atom. The van der Waals surface area contributed by atoms with Gasteiger partial charge in [-0.2, -0.15) is 0 Å². The molecule has 0 radical (unpaired) electrons. The van der Waals surface area contributed by atoms with E-state index >= 15 is 0 Å². The van der Waals surface area contributed by atoms with Gasteiger partial charge >= 0.3 is 0 Å². The van der Waals surface area contributed by atoms with Crippen LogP contribution < -0.4 is 10.9 Å². The lowest BCUT2D eigenvalue weighted by atomic mass is 10.2. The zero-order valence-electron chi connectivity index (χ0n) is 12.5. The first kappa shape index (κ1) is 15.9. The Bertz CT molecular complexity index is 626. The van der Waals surface area contributed by atoms with Crippen molar-refractivity contribution in [1.82, 2.24) is 14.9 Å². The number of rotatable bonds is 5. The second kappa shape index (κ2) is 7.06. The molecule has 0 bridgehead atoms. The third-order valence-corrected chi connectivity index (χ3v) is 5.88. The first-order valence-electron chi connectivity index (χ1n) is 7.39. The van der Waals surface area contributed by atoms with Crippen molar-refractivity contribution in [3.05, 3.63) is 16.0 Å². The van der Waals surface area contributed by atoms with Gasteiger partial charge in [0.05, 0.1) is 22.4 Å². The molecule has 3 heterocycles. The molecule has 0 saturated carbocycles. The molecule has 2 aliphatic rings. The minimum atomic E-state index is -0.0513. The Kier molecular flexibility index (Phi) is 5.10. The molecule has 1 amide bonds. The Balaban J connectivity index is 1.56. The van der Waals surface area contributed by atoms with E-state index in [9.17, 15) is 9.59 Å². The number of nitrogens with zero attached hydrogens (tertiary/aromatic N) is 2. The Hall–Kier alpha value is -0.990. The molecule has 1 fully saturated rings. The van der Waals surface area contributed by atoms with Crippen molar-refractivity contribution in [3.63, 3.8) is 0 Å². The van der Waals surface area contributed by atoms with Crippen LogP contribution in [-0.4, -0.2) is 46.2 Å². The summed E-state index contributed by atoms with van der Waals surface area (Å²) in [7, 11) is 1.71. The minimum Gasteiger partial charge on any atom is -0.376 e. The van der Waals surface area contributed by atoms with Gasteiger partial charge in [-0.25, -0.2) is 4.98 Å². The number of hydrogen-bond acceptors (Lipinski definition) is 6. The van der Waals surface area contributed by atoms with Crippen molar-refractivity contribution in [2.75, 3.05) is 24.7 Å². The molecule has 0 aliphatic carbocycles. The molecule has 1 aromatic rings. The van der Waals surface area contributed by atoms with E-state index in [1.54, 1.807) is 18.8 Å². The number of amides is 1. The van der Waals surface area contributed by atoms with Gasteiger partial charge in [-0.05, 0) is 12.8 Å². The molecule has 0 unspecified atom stereocenters. The van der Waals surface area contributed by atoms with Crippen LogP contribution in [0, 0.1) is 0 Å². The normalized spacial score (nSPS) is 20.1. The summed E-state index contributed by atoms with van der Waals surface area (Å²) < 4.78 is 7.01. The third kappa shape index (κ3) is 3.49. The summed E-state index contributed by atoms with van der Waals surface area (Å²) in [6.07, 6.45) is 3.04. The quantitative estimate of drug-likeness (QED) is 0.631. The second-order valence-corrected chi connectivity index (χ2v) is 7.41. The van der Waals surface area contributed by atoms with Crippen LogP contribution in [0.25, 0.3) is 0 Å². The number of hydrogen-bond donors (Lipinski definition) is 1. The van der Waals surface area contributed by atoms with E-state index < -0.39 is 0 Å². The minimum absolute atomic E-state index is 0.00485. The molecule has 1 saturated heterocycles. The summed E-state index contributed by atoms with van der Waals surface area (Å²) in [5.74, 6) is 1.12. The van der Waals surface area contributed by atoms with Crippen molar-refractivity contribution >= 4 is 29.4 Å². The lowest BCUT2D eigenvalue weighted by molar-refractivity contribution is -0.119. The van der Waals surface area contributed by atoms with Gasteiger partial charge in [0.25, 0.3) is 5.56 Å². The summed E-state index contributed by atoms with van der Waals surface area (Å²) >= 11 is 2.87. The van der Waals surface area contributed by atoms with Crippen LogP contribution in [-0.2, 0) is 23.0 Å². The second-order valence-electron chi connectivity index (χ2n) is 5.36. The number of nitrogens with one attached hydrogen (secondary N) is 1. The molecule has 1 N–H and O–H groups in total. The Morgan fingerprint density at radius 2 is 2.45 bits per heavy atom. The van der Waals surface area contributed by atoms with Crippen molar-refractivity contribution in [1.29, 1.82) is 0 Å². The van der Waals surface area contributed by atoms with Gasteiger partial charge in [0, 0.05) is 32.4 Å². The van der Waals surface area contributed by atoms with E-state index in [0.29, 0.717) is 11.7 Å². The molecule has 3 rings (SSSR count). The topological polar surface area (TPSA) is 73.2 Å². The van der Waals surface area contributed by atoms with E-state index in [1.165, 1.54) is 16.3 Å². The van der Waals surface area contributed by atoms with Gasteiger partial charge in [-0.15, -0.1) is 11.8 Å². The molecule has 0 aromatic carbocycles. The Labute approximate surface area is 137 Å². The predicted molar refractivity (Wildman–Crippen MR) is 86.6 cm³/mol. The maximum absolute atomic E-state index is 12.2. The van der Waals surface area contributed by atoms with Crippen LogP contribution in [0.5, 0.6) is 0 Å². The van der Waals surface area contributed by atoms with Crippen LogP contribution in [0.1, 0.15) is 18.5 Å². The molecule has 8 heteroatoms. The Morgan fingerprint density at radius 3 is 3.23 bits per heavy atom. The molecule has 0 spiro atoms. The molecule has 6 nitrogen and oxygen atoms in total. The SMILES string of the molecule is Cn1c(SCC(=O)NC[C@H]2CCCO2)nc2c(c1=O)SCC2. The monoisotopic (exact) mass is 341 g/mol. The average Bonchev–Trinajstić information content (AvgIpc) is 3.18. The highest BCUT2D eigenvalue weighted by molar-refractivity contribution is 8.00. The zero-order chi connectivity index (χ0) is 15.5. The van der Waals surface area contributed by atoms with Gasteiger partial charge < -0.3 is 10.1 Å². The molecular formula is C14H19N3O3S2. The maximum Gasteiger partial charge on any atom is 0.267 e. The van der Waals surface area contributed by atoms with Crippen LogP contribution in [0.3, 0.4) is 0 Å². The van der Waals surface area contributed by atoms with Crippen LogP contribution >= 0.6 is 23.5 Å². The first-order chi connectivity index (χ1) is 10.6. The molecule has 2 aliphatic heterocycles. The van der Waals surface area contributed by atoms with Gasteiger partial charge in [0.15, 0.2) is 5.16 Å². The number of carbonyl (C=O) groups excluding carboxylic acids is 1. The number of thioether (sulfide) groups is 2. The fraction of sp³-hybridized carbons (Fsp3) is 0.643. The first-order valence-corrected chi connectivity index (χ1v) is 9.36. The highest BCUT2D eigenvalue weighted by Gasteiger charge is 2.21. The molecule has 22 heavy (non-hydrogen) atoms. The third-order valence-electron chi connectivity index (χ3n) is 3.75. The number of aromatic nitrogens is 2. The number of carbonyl (C=O) groups is 1. The van der Waals surface area contributed by atoms with Crippen LogP contribution in [0.4, 0.5) is 0 Å². The lowest BCUT2D eigenvalue weighted by Crippen LogP contribution is -2.33. The van der Waals surface area contributed by atoms with E-state index in [2.05, 4.69) is 10.3 Å². The fourth-order valence-corrected chi connectivity index (χ4v) is 4.40. The van der Waals surface area contributed by atoms with Crippen molar-refractivity contribution in [3.8, 4) is 0 Å². The van der Waals surface area contributed by atoms with Crippen LogP contribution in [0.2, 0.25) is 0 Å². The van der Waals surface area contributed by atoms with E-state index in [1.807, 2.05) is 0 Å². The fourth-order valence-electron chi connectivity index (χ4n) is 2.51. The predicted octanol–water partition coefficient (Wildman–Crippen LogP) is 0.816. The van der Waals surface area contributed by atoms with Gasteiger partial charge in [0.1, 0.15) is 0 Å². The van der Waals surface area contributed by atoms with Crippen LogP contribution in [0.15, 0.2) is 14.8 Å². The average molecular weight is 341 g/mol. The highest BCUT2D eigenvalue weighted by Crippen LogP contribution is 2.28. The number of fused-ring (bicyclic) bond motifs is 1. The summed E-state index contributed by atoms with van der Waals surface area (Å²) in [5, 5.41) is 3.49. The summed E-state index contributed by atoms with van der Waals surface area (Å²) in [5.41, 5.74) is 0.866. The molecule has 1 atom stereocenters. The standard InChI is InChI=1S/C14H19N3O3S2/c1-17-13(19)12-10(4-6-21-12)16-14(17)22-8-11(18)15-7-9-3-2-5-20-9/h9H,2-8H2,1H3,(H,15,18)/t9-/m1/s1. The number of aryl methyl sites for hydroxylation is 1. The number of ether oxygens (including phenoxy) is 1. The van der Waals surface area contributed by atoms with Gasteiger partial charge in [-0.1, -0.05) is 11.8 Å². The largest absolute Gasteiger partial charge is 0.376 e. The molecule has 120 valence electrons. The highest BCUT2D eigenvalue weighted by atomic mass is 32.2. The smallest absolute Gasteiger partial charge is 0.267 e. The molecule has 1 aromatic heterocycles. The zero-order valence-corrected chi connectivity index (χ0v) is 14.1. The molecular weight excluding hydrogens is 322 g/mol. The van der Waals surface area contributed by atoms with Crippen molar-refractivity contribution < 1.29 is 9.53 Å². The van der Waals surface area contributed by atoms with E-state index in [0.717, 1.165) is 42.2 Å². The summed E-state index contributed by atoms with van der Waals surface area (Å²) in [6, 6.07) is 0. The van der Waals surface area contributed by atoms with E-state index in [-0.39, 0.29) is 23.3 Å². The lowest BCUT2D eigenvalue weighted by Gasteiger charge is -2.11. The maximum atomic E-state index is 12.2. The van der Waals surface area contributed by atoms with E-state index in [4.69, 9.17) is 4.74 Å². The summed E-state index contributed by atoms with van der Waals surface area (Å²) in [4.78, 5) is 29.4. The van der Waals surface area contributed by atoms with Crippen molar-refractivity contribution in [2.24, 2.45) is 7.05 Å². The van der Waals surface area contributed by atoms with Crippen molar-refractivity contribution in [2.45, 2.75) is 35.4 Å². The van der Waals surface area contributed by atoms with Gasteiger partial charge in [-0.3, -0.25) is 14.2 Å². The summed E-state index contributed by atoms with van der Waals surface area (Å²) in [6.45, 7) is 1.35. The van der Waals surface area contributed by atoms with Gasteiger partial charge in [0.2, 0.25) is 5.91 Å².